The van der Waals surface area contributed by atoms with Gasteiger partial charge in [-0.3, -0.25) is 24.1 Å². The van der Waals surface area contributed by atoms with E-state index in [1.54, 1.807) is 0 Å². The number of β-lactam (4-membered cyclic amide) rings is 1. The summed E-state index contributed by atoms with van der Waals surface area (Å²) in [6, 6.07) is 1.11. The van der Waals surface area contributed by atoms with Gasteiger partial charge in [-0.05, 0) is 32.4 Å². The Morgan fingerprint density at radius 3 is 2.46 bits per heavy atom. The number of benzene rings is 1. The first-order valence-electron chi connectivity index (χ1n) is 14.7. The summed E-state index contributed by atoms with van der Waals surface area (Å²) in [4.78, 5) is 101. The zero-order chi connectivity index (χ0) is 36.9. The Balaban J connectivity index is 1.32. The number of fused-ring (bicyclic) bond motifs is 1. The number of oxime groups is 1. The van der Waals surface area contributed by atoms with E-state index in [9.17, 15) is 54.0 Å². The average Bonchev–Trinajstić information content (AvgIpc) is 3.65. The number of hydrogen-bond donors (Lipinski definition) is 5. The van der Waals surface area contributed by atoms with Gasteiger partial charge in [0, 0.05) is 30.5 Å². The van der Waals surface area contributed by atoms with Crippen LogP contribution in [0.3, 0.4) is 0 Å². The number of Topliss-reactive ketones (excluding diaryl/α,β-unsaturated/α-hetero) is 3. The van der Waals surface area contributed by atoms with Gasteiger partial charge >= 0.3 is 18.0 Å². The highest BCUT2D eigenvalue weighted by Gasteiger charge is 2.65. The van der Waals surface area contributed by atoms with E-state index >= 15 is 0 Å². The maximum Gasteiger partial charge on any atom is 0.350 e. The number of carbonyl (C=O) groups is 7. The number of hydrogen-bond acceptors (Lipinski definition) is 15. The van der Waals surface area contributed by atoms with Crippen molar-refractivity contribution in [1.82, 2.24) is 19.7 Å². The minimum absolute atomic E-state index is 0.00349. The summed E-state index contributed by atoms with van der Waals surface area (Å²) < 4.78 is 0. The first-order chi connectivity index (χ1) is 23.4. The zero-order valence-corrected chi connectivity index (χ0v) is 28.6. The smallest absolute Gasteiger partial charge is 0.350 e. The summed E-state index contributed by atoms with van der Waals surface area (Å²) in [6.07, 6.45) is -0.282. The van der Waals surface area contributed by atoms with Crippen molar-refractivity contribution >= 4 is 86.8 Å². The van der Waals surface area contributed by atoms with Crippen LogP contribution in [0.25, 0.3) is 0 Å². The van der Waals surface area contributed by atoms with Crippen LogP contribution in [-0.4, -0.2) is 129 Å². The molecule has 5 rings (SSSR count). The standard InChI is InChI=1S/C29H29ClN6O12S2/c1-28(2,24(43)44)48-33-19(14-10-49-26(31)32-14)16(38)8-13-22(42)35-11-29(25(45)46,50-23(13)35)36-7-3-6-34(27(36)47)9-17(39)20(40)12-4-5-15(37)21(41)18(12)30/h4-5,10,13,23,37,41H,3,6-9,11H2,1-2H3,(H2,31,32)(H,43,44)(H,45,46)/b33-19-/t13-,23-,29-/m1/s1. The van der Waals surface area contributed by atoms with Crippen LogP contribution in [0.5, 0.6) is 11.5 Å². The van der Waals surface area contributed by atoms with Crippen LogP contribution >= 0.6 is 34.7 Å². The molecule has 3 amide bonds. The molecule has 18 nitrogen and oxygen atoms in total. The number of phenols is 2. The molecule has 3 fully saturated rings. The number of rotatable bonds is 13. The number of aliphatic carboxylic acids is 2. The lowest BCUT2D eigenvalue weighted by Gasteiger charge is -2.42. The molecule has 0 bridgehead atoms. The van der Waals surface area contributed by atoms with Gasteiger partial charge in [-0.2, -0.15) is 0 Å². The number of ketones is 3. The van der Waals surface area contributed by atoms with Gasteiger partial charge in [0.1, 0.15) is 5.69 Å². The molecule has 1 aromatic carbocycles. The number of anilines is 1. The van der Waals surface area contributed by atoms with Gasteiger partial charge in [-0.25, -0.2) is 19.4 Å². The number of nitrogens with zero attached hydrogens (tertiary/aromatic N) is 5. The quantitative estimate of drug-likeness (QED) is 0.0481. The van der Waals surface area contributed by atoms with Crippen molar-refractivity contribution in [1.29, 1.82) is 0 Å². The number of amides is 3. The number of phenolic OH excluding ortho intramolecular Hbond substituents is 2. The van der Waals surface area contributed by atoms with Gasteiger partial charge in [0.2, 0.25) is 27.9 Å². The van der Waals surface area contributed by atoms with Gasteiger partial charge in [0.15, 0.2) is 28.1 Å². The summed E-state index contributed by atoms with van der Waals surface area (Å²) in [7, 11) is 0. The largest absolute Gasteiger partial charge is 0.504 e. The van der Waals surface area contributed by atoms with Crippen molar-refractivity contribution in [2.24, 2.45) is 11.1 Å². The molecule has 0 aliphatic carbocycles. The Hall–Kier alpha value is -4.95. The van der Waals surface area contributed by atoms with Crippen LogP contribution in [0.2, 0.25) is 5.02 Å². The van der Waals surface area contributed by atoms with E-state index in [0.717, 1.165) is 45.0 Å². The molecule has 50 heavy (non-hydrogen) atoms. The maximum atomic E-state index is 13.7. The number of thiazole rings is 1. The maximum absolute atomic E-state index is 13.7. The van der Waals surface area contributed by atoms with E-state index in [4.69, 9.17) is 22.2 Å². The second-order valence-corrected chi connectivity index (χ2v) is 14.6. The number of urea groups is 1. The lowest BCUT2D eigenvalue weighted by atomic mass is 9.90. The molecule has 0 saturated carbocycles. The van der Waals surface area contributed by atoms with Crippen molar-refractivity contribution in [2.45, 2.75) is 42.5 Å². The molecule has 4 heterocycles. The number of aromatic nitrogens is 1. The van der Waals surface area contributed by atoms with Gasteiger partial charge < -0.3 is 40.8 Å². The second kappa shape index (κ2) is 13.4. The fraction of sp³-hybridized carbons (Fsp3) is 0.414. The summed E-state index contributed by atoms with van der Waals surface area (Å²) in [6.45, 7) is 1.16. The van der Waals surface area contributed by atoms with Crippen molar-refractivity contribution < 1.29 is 58.8 Å². The number of aromatic hydroxyl groups is 2. The third-order valence-electron chi connectivity index (χ3n) is 8.27. The third-order valence-corrected chi connectivity index (χ3v) is 11.1. The monoisotopic (exact) mass is 752 g/mol. The molecule has 3 aliphatic rings. The highest BCUT2D eigenvalue weighted by Crippen LogP contribution is 2.52. The molecule has 3 saturated heterocycles. The molecule has 3 atom stereocenters. The molecular weight excluding hydrogens is 724 g/mol. The number of thioether (sulfide) groups is 1. The summed E-state index contributed by atoms with van der Waals surface area (Å²) in [5.74, 6) is -8.87. The molecule has 266 valence electrons. The van der Waals surface area contributed by atoms with E-state index < -0.39 is 110 Å². The van der Waals surface area contributed by atoms with E-state index in [-0.39, 0.29) is 30.3 Å². The summed E-state index contributed by atoms with van der Waals surface area (Å²) in [5, 5.41) is 43.0. The van der Waals surface area contributed by atoms with Gasteiger partial charge in [0.05, 0.1) is 29.4 Å². The van der Waals surface area contributed by atoms with Crippen molar-refractivity contribution in [3.05, 3.63) is 33.8 Å². The number of halogens is 1. The molecule has 0 spiro atoms. The highest BCUT2D eigenvalue weighted by molar-refractivity contribution is 8.02. The Bertz CT molecular complexity index is 1870. The van der Waals surface area contributed by atoms with Crippen molar-refractivity contribution in [3.8, 4) is 11.5 Å². The third kappa shape index (κ3) is 6.40. The Morgan fingerprint density at radius 1 is 1.14 bits per heavy atom. The molecule has 3 aliphatic heterocycles. The Morgan fingerprint density at radius 2 is 1.84 bits per heavy atom. The highest BCUT2D eigenvalue weighted by atomic mass is 35.5. The number of carbonyl (C=O) groups excluding carboxylic acids is 5. The number of nitrogens with two attached hydrogens (primary N) is 1. The predicted molar refractivity (Wildman–Crippen MR) is 175 cm³/mol. The first-order valence-corrected chi connectivity index (χ1v) is 16.8. The average molecular weight is 753 g/mol. The van der Waals surface area contributed by atoms with Crippen LogP contribution in [0, 0.1) is 5.92 Å². The molecule has 2 aromatic rings. The Kier molecular flexibility index (Phi) is 9.74. The van der Waals surface area contributed by atoms with Gasteiger partial charge in [-0.15, -0.1) is 11.3 Å². The fourth-order valence-electron chi connectivity index (χ4n) is 5.47. The minimum atomic E-state index is -2.01. The predicted octanol–water partition coefficient (Wildman–Crippen LogP) is 1.22. The molecule has 21 heteroatoms. The SMILES string of the molecule is CC(C)(O/N=C(\C(=O)C[C@@H]1C(=O)N2C[C@@](C(=O)O)(N3CCCN(CC(=O)C(=O)c4ccc(O)c(O)c4Cl)C3=O)S[C@H]12)c1csc(N)n1)C(=O)O. The normalized spacial score (nSPS) is 22.2. The topological polar surface area (TPSA) is 271 Å². The van der Waals surface area contributed by atoms with Gasteiger partial charge in [0.25, 0.3) is 0 Å². The molecule has 1 aromatic heterocycles. The summed E-state index contributed by atoms with van der Waals surface area (Å²) in [5.41, 5.74) is 3.06. The lowest BCUT2D eigenvalue weighted by molar-refractivity contribution is -0.161. The molecule has 6 N–H and O–H groups in total. The second-order valence-electron chi connectivity index (χ2n) is 12.0. The number of carboxylic acids is 2. The zero-order valence-electron chi connectivity index (χ0n) is 26.2. The lowest BCUT2D eigenvalue weighted by Crippen LogP contribution is -2.64. The van der Waals surface area contributed by atoms with E-state index in [2.05, 4.69) is 10.1 Å². The van der Waals surface area contributed by atoms with Crippen LogP contribution in [0.15, 0.2) is 22.7 Å². The van der Waals surface area contributed by atoms with Crippen LogP contribution in [0.4, 0.5) is 9.93 Å². The van der Waals surface area contributed by atoms with E-state index in [1.165, 1.54) is 24.1 Å². The van der Waals surface area contributed by atoms with E-state index in [1.807, 2.05) is 0 Å². The van der Waals surface area contributed by atoms with Crippen molar-refractivity contribution in [3.63, 3.8) is 0 Å². The van der Waals surface area contributed by atoms with Crippen molar-refractivity contribution in [2.75, 3.05) is 31.9 Å². The molecule has 0 unspecified atom stereocenters. The fourth-order valence-corrected chi connectivity index (χ4v) is 7.95. The van der Waals surface area contributed by atoms with E-state index in [0.29, 0.717) is 0 Å². The van der Waals surface area contributed by atoms with Crippen LogP contribution in [0.1, 0.15) is 42.7 Å². The first kappa shape index (κ1) is 36.3. The minimum Gasteiger partial charge on any atom is -0.504 e. The Labute approximate surface area is 295 Å². The van der Waals surface area contributed by atoms with Crippen LogP contribution in [-0.2, 0) is 28.8 Å². The van der Waals surface area contributed by atoms with Gasteiger partial charge in [-0.1, -0.05) is 28.5 Å². The molecule has 0 radical (unpaired) electrons. The number of carboxylic acid groups (broad SMARTS) is 2. The molecular formula is C29H29ClN6O12S2. The van der Waals surface area contributed by atoms with Crippen LogP contribution < -0.4 is 5.73 Å². The number of nitrogen functional groups attached to an aromatic ring is 1. The summed E-state index contributed by atoms with van der Waals surface area (Å²) >= 11 is 7.67.